The van der Waals surface area contributed by atoms with Gasteiger partial charge in [0, 0.05) is 18.7 Å². The number of nitrogens with zero attached hydrogens (tertiary/aromatic N) is 1. The minimum atomic E-state index is -0.821. The highest BCUT2D eigenvalue weighted by Crippen LogP contribution is 2.20. The molecule has 0 aliphatic rings. The molecule has 0 saturated heterocycles. The summed E-state index contributed by atoms with van der Waals surface area (Å²) in [5, 5.41) is 13.3. The van der Waals surface area contributed by atoms with Crippen molar-refractivity contribution >= 4 is 23.3 Å². The van der Waals surface area contributed by atoms with Gasteiger partial charge in [0.2, 0.25) is 0 Å². The van der Waals surface area contributed by atoms with Crippen molar-refractivity contribution in [1.29, 1.82) is 0 Å². The normalized spacial score (nSPS) is 10.1. The first-order valence-corrected chi connectivity index (χ1v) is 7.40. The Kier molecular flexibility index (Phi) is 5.67. The molecule has 0 atom stereocenters. The van der Waals surface area contributed by atoms with Crippen LogP contribution in [0.2, 0.25) is 0 Å². The van der Waals surface area contributed by atoms with Crippen molar-refractivity contribution in [3.8, 4) is 0 Å². The number of hydrogen-bond donors (Lipinski definition) is 2. The smallest absolute Gasteiger partial charge is 0.340 e. The number of carbonyl (C=O) groups is 2. The average molecular weight is 343 g/mol. The number of rotatable bonds is 6. The highest BCUT2D eigenvalue weighted by atomic mass is 16.6. The topological polar surface area (TPSA) is 125 Å². The number of nitrogens with one attached hydrogen (secondary N) is 1. The van der Waals surface area contributed by atoms with E-state index < -0.39 is 23.4 Å². The second-order valence-corrected chi connectivity index (χ2v) is 5.31. The van der Waals surface area contributed by atoms with Crippen molar-refractivity contribution < 1.29 is 19.2 Å². The van der Waals surface area contributed by atoms with Crippen LogP contribution in [0.3, 0.4) is 0 Å². The van der Waals surface area contributed by atoms with Crippen molar-refractivity contribution in [2.75, 3.05) is 12.3 Å². The van der Waals surface area contributed by atoms with Crippen LogP contribution < -0.4 is 11.1 Å². The summed E-state index contributed by atoms with van der Waals surface area (Å²) in [5.41, 5.74) is 7.27. The molecule has 2 rings (SSSR count). The van der Waals surface area contributed by atoms with Gasteiger partial charge in [-0.05, 0) is 24.1 Å². The Balaban J connectivity index is 1.88. The van der Waals surface area contributed by atoms with E-state index in [-0.39, 0.29) is 16.9 Å². The second kappa shape index (κ2) is 7.91. The SMILES string of the molecule is Cc1ccccc1CNC(=O)COC(=O)c1ccc([N+](=O)[O-])cc1N. The van der Waals surface area contributed by atoms with E-state index >= 15 is 0 Å². The van der Waals surface area contributed by atoms with E-state index in [0.717, 1.165) is 23.3 Å². The molecule has 0 unspecified atom stereocenters. The molecule has 2 aromatic rings. The Hall–Kier alpha value is -3.42. The van der Waals surface area contributed by atoms with Crippen molar-refractivity contribution in [2.45, 2.75) is 13.5 Å². The van der Waals surface area contributed by atoms with Crippen LogP contribution in [0.25, 0.3) is 0 Å². The van der Waals surface area contributed by atoms with Crippen LogP contribution in [0.15, 0.2) is 42.5 Å². The summed E-state index contributed by atoms with van der Waals surface area (Å²) in [7, 11) is 0. The number of ether oxygens (including phenoxy) is 1. The average Bonchev–Trinajstić information content (AvgIpc) is 2.58. The first-order valence-electron chi connectivity index (χ1n) is 7.40. The quantitative estimate of drug-likeness (QED) is 0.357. The summed E-state index contributed by atoms with van der Waals surface area (Å²) in [5.74, 6) is -1.28. The predicted octanol–water partition coefficient (Wildman–Crippen LogP) is 1.96. The Labute approximate surface area is 143 Å². The first kappa shape index (κ1) is 17.9. The second-order valence-electron chi connectivity index (χ2n) is 5.31. The number of nitro benzene ring substituents is 1. The van der Waals surface area contributed by atoms with Crippen LogP contribution >= 0.6 is 0 Å². The molecular formula is C17H17N3O5. The van der Waals surface area contributed by atoms with E-state index in [4.69, 9.17) is 10.5 Å². The van der Waals surface area contributed by atoms with Gasteiger partial charge in [-0.1, -0.05) is 24.3 Å². The van der Waals surface area contributed by atoms with E-state index in [9.17, 15) is 19.7 Å². The molecule has 3 N–H and O–H groups in total. The van der Waals surface area contributed by atoms with E-state index in [0.29, 0.717) is 6.54 Å². The summed E-state index contributed by atoms with van der Waals surface area (Å²) in [6, 6.07) is 11.0. The van der Waals surface area contributed by atoms with Crippen molar-refractivity contribution in [2.24, 2.45) is 0 Å². The molecular weight excluding hydrogens is 326 g/mol. The predicted molar refractivity (Wildman–Crippen MR) is 90.8 cm³/mol. The van der Waals surface area contributed by atoms with Gasteiger partial charge in [-0.2, -0.15) is 0 Å². The van der Waals surface area contributed by atoms with Gasteiger partial charge in [-0.25, -0.2) is 4.79 Å². The lowest BCUT2D eigenvalue weighted by Gasteiger charge is -2.09. The molecule has 1 amide bonds. The van der Waals surface area contributed by atoms with Crippen LogP contribution in [0.1, 0.15) is 21.5 Å². The van der Waals surface area contributed by atoms with Crippen LogP contribution in [0, 0.1) is 17.0 Å². The van der Waals surface area contributed by atoms with Gasteiger partial charge in [0.05, 0.1) is 16.2 Å². The maximum atomic E-state index is 11.9. The number of carbonyl (C=O) groups excluding carboxylic acids is 2. The molecule has 0 aliphatic heterocycles. The van der Waals surface area contributed by atoms with Gasteiger partial charge >= 0.3 is 5.97 Å². The lowest BCUT2D eigenvalue weighted by atomic mass is 10.1. The molecule has 0 fully saturated rings. The fraction of sp³-hybridized carbons (Fsp3) is 0.176. The summed E-state index contributed by atoms with van der Waals surface area (Å²) in [4.78, 5) is 33.7. The zero-order valence-electron chi connectivity index (χ0n) is 13.5. The van der Waals surface area contributed by atoms with Crippen LogP contribution in [-0.2, 0) is 16.1 Å². The molecule has 25 heavy (non-hydrogen) atoms. The van der Waals surface area contributed by atoms with E-state index in [2.05, 4.69) is 5.32 Å². The monoisotopic (exact) mass is 343 g/mol. The zero-order chi connectivity index (χ0) is 18.4. The van der Waals surface area contributed by atoms with Crippen LogP contribution in [0.5, 0.6) is 0 Å². The third-order valence-corrected chi connectivity index (χ3v) is 3.54. The molecule has 8 heteroatoms. The number of nitro groups is 1. The lowest BCUT2D eigenvalue weighted by Crippen LogP contribution is -2.28. The minimum Gasteiger partial charge on any atom is -0.452 e. The van der Waals surface area contributed by atoms with Gasteiger partial charge in [0.25, 0.3) is 11.6 Å². The maximum Gasteiger partial charge on any atom is 0.340 e. The Morgan fingerprint density at radius 3 is 2.60 bits per heavy atom. The molecule has 0 aliphatic carbocycles. The van der Waals surface area contributed by atoms with Gasteiger partial charge < -0.3 is 15.8 Å². The fourth-order valence-corrected chi connectivity index (χ4v) is 2.11. The molecule has 0 bridgehead atoms. The molecule has 0 spiro atoms. The largest absolute Gasteiger partial charge is 0.452 e. The van der Waals surface area contributed by atoms with Crippen molar-refractivity contribution in [1.82, 2.24) is 5.32 Å². The van der Waals surface area contributed by atoms with Crippen molar-refractivity contribution in [3.63, 3.8) is 0 Å². The summed E-state index contributed by atoms with van der Waals surface area (Å²) < 4.78 is 4.89. The molecule has 0 saturated carbocycles. The van der Waals surface area contributed by atoms with Gasteiger partial charge in [-0.3, -0.25) is 14.9 Å². The Morgan fingerprint density at radius 1 is 1.24 bits per heavy atom. The van der Waals surface area contributed by atoms with E-state index in [1.807, 2.05) is 31.2 Å². The number of nitrogen functional groups attached to an aromatic ring is 1. The molecule has 130 valence electrons. The standard InChI is InChI=1S/C17H17N3O5/c1-11-4-2-3-5-12(11)9-19-16(21)10-25-17(22)14-7-6-13(20(23)24)8-15(14)18/h2-8H,9-10,18H2,1H3,(H,19,21). The highest BCUT2D eigenvalue weighted by Gasteiger charge is 2.16. The lowest BCUT2D eigenvalue weighted by molar-refractivity contribution is -0.384. The number of anilines is 1. The van der Waals surface area contributed by atoms with Crippen LogP contribution in [-0.4, -0.2) is 23.4 Å². The number of hydrogen-bond acceptors (Lipinski definition) is 6. The number of amides is 1. The van der Waals surface area contributed by atoms with E-state index in [1.165, 1.54) is 6.07 Å². The number of benzene rings is 2. The number of nitrogens with two attached hydrogens (primary N) is 1. The molecule has 0 heterocycles. The third kappa shape index (κ3) is 4.77. The number of non-ortho nitro benzene ring substituents is 1. The van der Waals surface area contributed by atoms with Gasteiger partial charge in [0.1, 0.15) is 0 Å². The van der Waals surface area contributed by atoms with Gasteiger partial charge in [-0.15, -0.1) is 0 Å². The van der Waals surface area contributed by atoms with Gasteiger partial charge in [0.15, 0.2) is 6.61 Å². The Morgan fingerprint density at radius 2 is 1.96 bits per heavy atom. The maximum absolute atomic E-state index is 11.9. The summed E-state index contributed by atoms with van der Waals surface area (Å²) in [6.45, 7) is 1.78. The molecule has 8 nitrogen and oxygen atoms in total. The Bertz CT molecular complexity index is 820. The number of aryl methyl sites for hydroxylation is 1. The summed E-state index contributed by atoms with van der Waals surface area (Å²) >= 11 is 0. The zero-order valence-corrected chi connectivity index (χ0v) is 13.5. The fourth-order valence-electron chi connectivity index (χ4n) is 2.11. The van der Waals surface area contributed by atoms with E-state index in [1.54, 1.807) is 0 Å². The number of esters is 1. The first-order chi connectivity index (χ1) is 11.9. The molecule has 0 aromatic heterocycles. The highest BCUT2D eigenvalue weighted by molar-refractivity contribution is 5.96. The minimum absolute atomic E-state index is 0.0303. The van der Waals surface area contributed by atoms with Crippen LogP contribution in [0.4, 0.5) is 11.4 Å². The molecule has 0 radical (unpaired) electrons. The van der Waals surface area contributed by atoms with Crippen molar-refractivity contribution in [3.05, 3.63) is 69.3 Å². The summed E-state index contributed by atoms with van der Waals surface area (Å²) in [6.07, 6.45) is 0. The molecule has 2 aromatic carbocycles. The third-order valence-electron chi connectivity index (χ3n) is 3.54.